The lowest BCUT2D eigenvalue weighted by Crippen LogP contribution is -2.34. The zero-order valence-electron chi connectivity index (χ0n) is 14.4. The van der Waals surface area contributed by atoms with Crippen LogP contribution in [-0.4, -0.2) is 38.4 Å². The molecule has 24 heavy (non-hydrogen) atoms. The number of aliphatic hydroxyl groups is 1. The van der Waals surface area contributed by atoms with Crippen molar-refractivity contribution >= 4 is 11.6 Å². The average molecular weight is 331 g/mol. The van der Waals surface area contributed by atoms with E-state index in [-0.39, 0.29) is 18.6 Å². The van der Waals surface area contributed by atoms with Gasteiger partial charge in [-0.15, -0.1) is 10.2 Å². The fraction of sp³-hybridized carbons (Fsp3) is 0.471. The van der Waals surface area contributed by atoms with E-state index in [1.54, 1.807) is 19.1 Å². The van der Waals surface area contributed by atoms with Crippen LogP contribution < -0.4 is 10.6 Å². The van der Waals surface area contributed by atoms with E-state index in [9.17, 15) is 4.79 Å². The molecule has 0 aliphatic heterocycles. The third kappa shape index (κ3) is 4.55. The Labute approximate surface area is 142 Å². The first-order chi connectivity index (χ1) is 11.5. The van der Waals surface area contributed by atoms with Crippen LogP contribution in [0.3, 0.4) is 0 Å². The molecule has 1 amide bonds. The average Bonchev–Trinajstić information content (AvgIpc) is 2.94. The van der Waals surface area contributed by atoms with Crippen LogP contribution in [0.25, 0.3) is 0 Å². The Hall–Kier alpha value is -2.41. The Morgan fingerprint density at radius 1 is 1.29 bits per heavy atom. The van der Waals surface area contributed by atoms with Crippen LogP contribution >= 0.6 is 0 Å². The topological polar surface area (TPSA) is 92.1 Å². The van der Waals surface area contributed by atoms with Gasteiger partial charge in [0.25, 0.3) is 5.91 Å². The van der Waals surface area contributed by atoms with Crippen molar-refractivity contribution in [1.29, 1.82) is 0 Å². The van der Waals surface area contributed by atoms with Crippen LogP contribution in [0, 0.1) is 6.92 Å². The second-order valence-corrected chi connectivity index (χ2v) is 5.80. The van der Waals surface area contributed by atoms with Crippen LogP contribution in [-0.2, 0) is 13.1 Å². The van der Waals surface area contributed by atoms with E-state index in [0.29, 0.717) is 12.1 Å². The predicted octanol–water partition coefficient (Wildman–Crippen LogP) is 1.72. The molecule has 7 nitrogen and oxygen atoms in total. The van der Waals surface area contributed by atoms with Gasteiger partial charge < -0.3 is 20.3 Å². The normalized spacial score (nSPS) is 12.0. The first-order valence-electron chi connectivity index (χ1n) is 8.19. The summed E-state index contributed by atoms with van der Waals surface area (Å²) in [5.41, 5.74) is 1.47. The van der Waals surface area contributed by atoms with Gasteiger partial charge in [-0.2, -0.15) is 0 Å². The van der Waals surface area contributed by atoms with E-state index in [1.165, 1.54) is 0 Å². The third-order valence-electron chi connectivity index (χ3n) is 3.71. The van der Waals surface area contributed by atoms with E-state index < -0.39 is 0 Å². The molecule has 0 radical (unpaired) electrons. The number of carbonyl (C=O) groups is 1. The molecule has 1 aromatic heterocycles. The lowest BCUT2D eigenvalue weighted by atomic mass is 10.2. The van der Waals surface area contributed by atoms with E-state index in [1.807, 2.05) is 19.1 Å². The Bertz CT molecular complexity index is 666. The van der Waals surface area contributed by atoms with Crippen molar-refractivity contribution in [2.45, 2.75) is 46.3 Å². The Morgan fingerprint density at radius 2 is 2.00 bits per heavy atom. The molecule has 1 atom stereocenters. The molecule has 2 aromatic rings. The van der Waals surface area contributed by atoms with Gasteiger partial charge in [-0.1, -0.05) is 6.92 Å². The van der Waals surface area contributed by atoms with Gasteiger partial charge in [0.05, 0.1) is 13.2 Å². The molecule has 3 N–H and O–H groups in total. The van der Waals surface area contributed by atoms with Crippen LogP contribution in [0.15, 0.2) is 24.3 Å². The Kier molecular flexibility index (Phi) is 6.31. The number of benzene rings is 1. The smallest absolute Gasteiger partial charge is 0.251 e. The second-order valence-electron chi connectivity index (χ2n) is 5.80. The molecule has 0 aliphatic rings. The largest absolute Gasteiger partial charge is 0.394 e. The number of hydrogen-bond acceptors (Lipinski definition) is 5. The van der Waals surface area contributed by atoms with Gasteiger partial charge in [0, 0.05) is 23.8 Å². The summed E-state index contributed by atoms with van der Waals surface area (Å²) in [5, 5.41) is 23.3. The van der Waals surface area contributed by atoms with Gasteiger partial charge >= 0.3 is 0 Å². The summed E-state index contributed by atoms with van der Waals surface area (Å²) in [6, 6.07) is 6.95. The highest BCUT2D eigenvalue weighted by Gasteiger charge is 2.10. The van der Waals surface area contributed by atoms with E-state index in [0.717, 1.165) is 30.3 Å². The maximum atomic E-state index is 12.0. The minimum atomic E-state index is -0.261. The molecule has 0 spiro atoms. The first kappa shape index (κ1) is 17.9. The monoisotopic (exact) mass is 331 g/mol. The number of hydrogen-bond donors (Lipinski definition) is 3. The first-order valence-corrected chi connectivity index (χ1v) is 8.19. The summed E-state index contributed by atoms with van der Waals surface area (Å²) in [7, 11) is 0. The van der Waals surface area contributed by atoms with Crippen LogP contribution in [0.2, 0.25) is 0 Å². The summed E-state index contributed by atoms with van der Waals surface area (Å²) in [6.07, 6.45) is 1.03. The van der Waals surface area contributed by atoms with Crippen molar-refractivity contribution in [2.24, 2.45) is 0 Å². The van der Waals surface area contributed by atoms with E-state index in [4.69, 9.17) is 5.11 Å². The summed E-state index contributed by atoms with van der Waals surface area (Å²) < 4.78 is 2.10. The summed E-state index contributed by atoms with van der Waals surface area (Å²) in [5.74, 6) is 1.62. The van der Waals surface area contributed by atoms with E-state index in [2.05, 4.69) is 32.3 Å². The van der Waals surface area contributed by atoms with Gasteiger partial charge in [-0.3, -0.25) is 4.79 Å². The molecule has 1 heterocycles. The number of anilines is 1. The number of aliphatic hydroxyl groups excluding tert-OH is 1. The summed E-state index contributed by atoms with van der Waals surface area (Å²) >= 11 is 0. The predicted molar refractivity (Wildman–Crippen MR) is 92.8 cm³/mol. The fourth-order valence-electron chi connectivity index (χ4n) is 2.34. The summed E-state index contributed by atoms with van der Waals surface area (Å²) in [6.45, 7) is 7.22. The SMILES string of the molecule is CCCn1c(C)nnc1CNc1ccc(C(=O)NC(C)CO)cc1. The molecule has 0 fully saturated rings. The molecule has 0 saturated heterocycles. The van der Waals surface area contributed by atoms with Gasteiger partial charge in [-0.25, -0.2) is 0 Å². The Balaban J connectivity index is 1.96. The molecule has 0 bridgehead atoms. The molecule has 2 rings (SSSR count). The zero-order valence-corrected chi connectivity index (χ0v) is 14.4. The summed E-state index contributed by atoms with van der Waals surface area (Å²) in [4.78, 5) is 12.0. The molecular weight excluding hydrogens is 306 g/mol. The zero-order chi connectivity index (χ0) is 17.5. The maximum absolute atomic E-state index is 12.0. The standard InChI is InChI=1S/C17H25N5O2/c1-4-9-22-13(3)20-21-16(22)10-18-15-7-5-14(6-8-15)17(24)19-12(2)11-23/h5-8,12,18,23H,4,9-11H2,1-3H3,(H,19,24). The number of amides is 1. The molecule has 1 unspecified atom stereocenters. The number of nitrogens with zero attached hydrogens (tertiary/aromatic N) is 3. The fourth-order valence-corrected chi connectivity index (χ4v) is 2.34. The molecule has 0 saturated carbocycles. The van der Waals surface area contributed by atoms with Gasteiger partial charge in [-0.05, 0) is 44.5 Å². The maximum Gasteiger partial charge on any atom is 0.251 e. The third-order valence-corrected chi connectivity index (χ3v) is 3.71. The van der Waals surface area contributed by atoms with Crippen molar-refractivity contribution in [3.63, 3.8) is 0 Å². The van der Waals surface area contributed by atoms with E-state index >= 15 is 0 Å². The van der Waals surface area contributed by atoms with Gasteiger partial charge in [0.15, 0.2) is 5.82 Å². The van der Waals surface area contributed by atoms with Crippen molar-refractivity contribution in [3.05, 3.63) is 41.5 Å². The number of aryl methyl sites for hydroxylation is 1. The highest BCUT2D eigenvalue weighted by atomic mass is 16.3. The molecular formula is C17H25N5O2. The second kappa shape index (κ2) is 8.44. The number of nitrogens with one attached hydrogen (secondary N) is 2. The highest BCUT2D eigenvalue weighted by Crippen LogP contribution is 2.12. The minimum absolute atomic E-state index is 0.0801. The van der Waals surface area contributed by atoms with Crippen molar-refractivity contribution in [3.8, 4) is 0 Å². The van der Waals surface area contributed by atoms with Crippen LogP contribution in [0.5, 0.6) is 0 Å². The van der Waals surface area contributed by atoms with Gasteiger partial charge in [0.1, 0.15) is 5.82 Å². The van der Waals surface area contributed by atoms with Crippen LogP contribution in [0.4, 0.5) is 5.69 Å². The highest BCUT2D eigenvalue weighted by molar-refractivity contribution is 5.94. The quantitative estimate of drug-likeness (QED) is 0.685. The Morgan fingerprint density at radius 3 is 2.62 bits per heavy atom. The number of carbonyl (C=O) groups excluding carboxylic acids is 1. The minimum Gasteiger partial charge on any atom is -0.394 e. The van der Waals surface area contributed by atoms with Gasteiger partial charge in [0.2, 0.25) is 0 Å². The van der Waals surface area contributed by atoms with Crippen LogP contribution in [0.1, 0.15) is 42.3 Å². The number of aromatic nitrogens is 3. The lowest BCUT2D eigenvalue weighted by Gasteiger charge is -2.12. The lowest BCUT2D eigenvalue weighted by molar-refractivity contribution is 0.0922. The molecule has 0 aliphatic carbocycles. The molecule has 1 aromatic carbocycles. The number of rotatable bonds is 8. The molecule has 7 heteroatoms. The molecule has 130 valence electrons. The van der Waals surface area contributed by atoms with Crippen molar-refractivity contribution in [1.82, 2.24) is 20.1 Å². The van der Waals surface area contributed by atoms with Crippen molar-refractivity contribution < 1.29 is 9.90 Å². The van der Waals surface area contributed by atoms with Crippen molar-refractivity contribution in [2.75, 3.05) is 11.9 Å².